The number of rotatable bonds is 4. The standard InChI is InChI=1S/C13H16ClN3O3S/c1-8-4-11(6-12(15)13(8)14)21(18,19)17(3)7-10-5-9(2)20-16-10/h4-6H,7,15H2,1-3H3. The molecule has 0 spiro atoms. The minimum Gasteiger partial charge on any atom is -0.397 e. The van der Waals surface area contributed by atoms with Crippen molar-refractivity contribution in [1.29, 1.82) is 0 Å². The first kappa shape index (κ1) is 15.8. The fourth-order valence-electron chi connectivity index (χ4n) is 1.90. The quantitative estimate of drug-likeness (QED) is 0.870. The van der Waals surface area contributed by atoms with E-state index in [4.69, 9.17) is 21.9 Å². The van der Waals surface area contributed by atoms with Crippen molar-refractivity contribution in [3.8, 4) is 0 Å². The van der Waals surface area contributed by atoms with Crippen LogP contribution < -0.4 is 5.73 Å². The molecule has 0 fully saturated rings. The Labute approximate surface area is 128 Å². The normalized spacial score (nSPS) is 12.0. The van der Waals surface area contributed by atoms with Crippen LogP contribution in [-0.2, 0) is 16.6 Å². The molecule has 1 heterocycles. The van der Waals surface area contributed by atoms with E-state index in [0.717, 1.165) is 0 Å². The molecule has 0 amide bonds. The van der Waals surface area contributed by atoms with Gasteiger partial charge in [0.15, 0.2) is 0 Å². The lowest BCUT2D eigenvalue weighted by Crippen LogP contribution is -2.26. The molecular formula is C13H16ClN3O3S. The van der Waals surface area contributed by atoms with Crippen LogP contribution in [0.15, 0.2) is 27.6 Å². The van der Waals surface area contributed by atoms with Gasteiger partial charge < -0.3 is 10.3 Å². The first-order valence-corrected chi connectivity index (χ1v) is 7.98. The van der Waals surface area contributed by atoms with Gasteiger partial charge >= 0.3 is 0 Å². The van der Waals surface area contributed by atoms with Crippen molar-refractivity contribution in [2.75, 3.05) is 12.8 Å². The molecule has 1 aromatic carbocycles. The number of halogens is 1. The van der Waals surface area contributed by atoms with E-state index < -0.39 is 10.0 Å². The molecule has 21 heavy (non-hydrogen) atoms. The average molecular weight is 330 g/mol. The van der Waals surface area contributed by atoms with E-state index in [2.05, 4.69) is 5.16 Å². The molecule has 0 aliphatic rings. The summed E-state index contributed by atoms with van der Waals surface area (Å²) in [5.41, 5.74) is 7.12. The van der Waals surface area contributed by atoms with E-state index >= 15 is 0 Å². The summed E-state index contributed by atoms with van der Waals surface area (Å²) < 4.78 is 31.2. The topological polar surface area (TPSA) is 89.4 Å². The van der Waals surface area contributed by atoms with Gasteiger partial charge in [0.2, 0.25) is 10.0 Å². The fourth-order valence-corrected chi connectivity index (χ4v) is 3.27. The van der Waals surface area contributed by atoms with Gasteiger partial charge in [0, 0.05) is 13.1 Å². The molecule has 2 aromatic rings. The van der Waals surface area contributed by atoms with E-state index in [9.17, 15) is 8.42 Å². The molecule has 114 valence electrons. The smallest absolute Gasteiger partial charge is 0.243 e. The number of sulfonamides is 1. The summed E-state index contributed by atoms with van der Waals surface area (Å²) in [4.78, 5) is 0.101. The molecule has 1 aromatic heterocycles. The minimum absolute atomic E-state index is 0.101. The zero-order chi connectivity index (χ0) is 15.8. The number of hydrogen-bond acceptors (Lipinski definition) is 5. The molecule has 6 nitrogen and oxygen atoms in total. The maximum atomic E-state index is 12.5. The highest BCUT2D eigenvalue weighted by molar-refractivity contribution is 7.89. The van der Waals surface area contributed by atoms with Gasteiger partial charge in [-0.05, 0) is 31.5 Å². The largest absolute Gasteiger partial charge is 0.397 e. The van der Waals surface area contributed by atoms with Crippen LogP contribution >= 0.6 is 11.6 Å². The van der Waals surface area contributed by atoms with Crippen molar-refractivity contribution in [2.24, 2.45) is 0 Å². The second-order valence-corrected chi connectivity index (χ2v) is 7.26. The summed E-state index contributed by atoms with van der Waals surface area (Å²) in [6.07, 6.45) is 0. The fraction of sp³-hybridized carbons (Fsp3) is 0.308. The van der Waals surface area contributed by atoms with Crippen LogP contribution in [0.5, 0.6) is 0 Å². The first-order valence-electron chi connectivity index (χ1n) is 6.16. The molecule has 2 rings (SSSR count). The summed E-state index contributed by atoms with van der Waals surface area (Å²) in [6.45, 7) is 3.56. The summed E-state index contributed by atoms with van der Waals surface area (Å²) >= 11 is 5.96. The summed E-state index contributed by atoms with van der Waals surface area (Å²) in [5.74, 6) is 0.627. The Morgan fingerprint density at radius 2 is 2.00 bits per heavy atom. The third kappa shape index (κ3) is 3.20. The molecule has 0 unspecified atom stereocenters. The SMILES string of the molecule is Cc1cc(CN(C)S(=O)(=O)c2cc(C)c(Cl)c(N)c2)no1. The average Bonchev–Trinajstić information content (AvgIpc) is 2.80. The number of hydrogen-bond donors (Lipinski definition) is 1. The molecule has 0 aliphatic carbocycles. The number of nitrogens with two attached hydrogens (primary N) is 1. The van der Waals surface area contributed by atoms with Crippen molar-refractivity contribution in [3.05, 3.63) is 40.2 Å². The van der Waals surface area contributed by atoms with Crippen LogP contribution in [0.1, 0.15) is 17.0 Å². The second kappa shape index (κ2) is 5.67. The van der Waals surface area contributed by atoms with Crippen LogP contribution in [0, 0.1) is 13.8 Å². The lowest BCUT2D eigenvalue weighted by atomic mass is 10.2. The number of benzene rings is 1. The Kier molecular flexibility index (Phi) is 4.27. The first-order chi connectivity index (χ1) is 9.71. The third-order valence-corrected chi connectivity index (χ3v) is 5.32. The predicted molar refractivity (Wildman–Crippen MR) is 80.5 cm³/mol. The monoisotopic (exact) mass is 329 g/mol. The number of anilines is 1. The van der Waals surface area contributed by atoms with E-state index in [1.54, 1.807) is 19.9 Å². The summed E-state index contributed by atoms with van der Waals surface area (Å²) in [5, 5.41) is 4.15. The Balaban J connectivity index is 2.33. The minimum atomic E-state index is -3.68. The molecular weight excluding hydrogens is 314 g/mol. The highest BCUT2D eigenvalue weighted by Gasteiger charge is 2.23. The lowest BCUT2D eigenvalue weighted by molar-refractivity contribution is 0.378. The van der Waals surface area contributed by atoms with Crippen molar-refractivity contribution in [1.82, 2.24) is 9.46 Å². The second-order valence-electron chi connectivity index (χ2n) is 4.83. The highest BCUT2D eigenvalue weighted by Crippen LogP contribution is 2.28. The van der Waals surface area contributed by atoms with Crippen molar-refractivity contribution in [2.45, 2.75) is 25.3 Å². The van der Waals surface area contributed by atoms with Crippen LogP contribution in [0.25, 0.3) is 0 Å². The van der Waals surface area contributed by atoms with Crippen LogP contribution in [0.2, 0.25) is 5.02 Å². The lowest BCUT2D eigenvalue weighted by Gasteiger charge is -2.17. The van der Waals surface area contributed by atoms with Crippen LogP contribution in [0.4, 0.5) is 5.69 Å². The number of nitrogen functional groups attached to an aromatic ring is 1. The van der Waals surface area contributed by atoms with Crippen LogP contribution in [0.3, 0.4) is 0 Å². The van der Waals surface area contributed by atoms with Crippen molar-refractivity contribution in [3.63, 3.8) is 0 Å². The molecule has 2 N–H and O–H groups in total. The number of aryl methyl sites for hydroxylation is 2. The van der Waals surface area contributed by atoms with Gasteiger partial charge in [-0.15, -0.1) is 0 Å². The van der Waals surface area contributed by atoms with Crippen molar-refractivity contribution < 1.29 is 12.9 Å². The van der Waals surface area contributed by atoms with E-state index in [1.807, 2.05) is 0 Å². The Bertz CT molecular complexity index is 748. The predicted octanol–water partition coefficient (Wildman–Crippen LogP) is 2.35. The molecule has 0 aliphatic heterocycles. The van der Waals surface area contributed by atoms with E-state index in [0.29, 0.717) is 22.0 Å². The Morgan fingerprint density at radius 3 is 2.52 bits per heavy atom. The molecule has 0 saturated heterocycles. The summed E-state index contributed by atoms with van der Waals surface area (Å²) in [7, 11) is -2.20. The maximum absolute atomic E-state index is 12.5. The van der Waals surface area contributed by atoms with E-state index in [-0.39, 0.29) is 17.1 Å². The van der Waals surface area contributed by atoms with Gasteiger partial charge in [0.25, 0.3) is 0 Å². The molecule has 8 heteroatoms. The Morgan fingerprint density at radius 1 is 1.33 bits per heavy atom. The van der Waals surface area contributed by atoms with Gasteiger partial charge in [-0.25, -0.2) is 8.42 Å². The van der Waals surface area contributed by atoms with Gasteiger partial charge in [-0.2, -0.15) is 4.31 Å². The van der Waals surface area contributed by atoms with E-state index in [1.165, 1.54) is 23.5 Å². The molecule has 0 radical (unpaired) electrons. The van der Waals surface area contributed by atoms with Gasteiger partial charge in [-0.3, -0.25) is 0 Å². The maximum Gasteiger partial charge on any atom is 0.243 e. The molecule has 0 bridgehead atoms. The van der Waals surface area contributed by atoms with Crippen LogP contribution in [-0.4, -0.2) is 24.9 Å². The number of aromatic nitrogens is 1. The van der Waals surface area contributed by atoms with Gasteiger partial charge in [0.05, 0.1) is 27.8 Å². The molecule has 0 atom stereocenters. The number of nitrogens with zero attached hydrogens (tertiary/aromatic N) is 2. The third-order valence-electron chi connectivity index (χ3n) is 3.03. The summed E-state index contributed by atoms with van der Waals surface area (Å²) in [6, 6.07) is 4.54. The van der Waals surface area contributed by atoms with Crippen molar-refractivity contribution >= 4 is 27.3 Å². The molecule has 0 saturated carbocycles. The van der Waals surface area contributed by atoms with Gasteiger partial charge in [-0.1, -0.05) is 16.8 Å². The zero-order valence-corrected chi connectivity index (χ0v) is 13.5. The highest BCUT2D eigenvalue weighted by atomic mass is 35.5. The Hall–Kier alpha value is -1.57. The zero-order valence-electron chi connectivity index (χ0n) is 11.9. The van der Waals surface area contributed by atoms with Gasteiger partial charge in [0.1, 0.15) is 5.76 Å².